The van der Waals surface area contributed by atoms with Gasteiger partial charge in [0.05, 0.1) is 11.0 Å². The maximum Gasteiger partial charge on any atom is 0.113 e. The van der Waals surface area contributed by atoms with Crippen molar-refractivity contribution in [1.29, 1.82) is 0 Å². The summed E-state index contributed by atoms with van der Waals surface area (Å²) in [6.07, 6.45) is 5.08. The van der Waals surface area contributed by atoms with Crippen LogP contribution in [0.1, 0.15) is 37.4 Å². The highest BCUT2D eigenvalue weighted by Crippen LogP contribution is 2.37. The van der Waals surface area contributed by atoms with Gasteiger partial charge in [-0.15, -0.1) is 0 Å². The molecule has 2 N–H and O–H groups in total. The minimum atomic E-state index is 0.523. The van der Waals surface area contributed by atoms with E-state index in [1.54, 1.807) is 0 Å². The summed E-state index contributed by atoms with van der Waals surface area (Å²) in [5.74, 6) is 2.32. The van der Waals surface area contributed by atoms with Crippen molar-refractivity contribution in [3.05, 3.63) is 28.5 Å². The van der Waals surface area contributed by atoms with Gasteiger partial charge in [0.25, 0.3) is 0 Å². The van der Waals surface area contributed by atoms with Gasteiger partial charge in [-0.2, -0.15) is 0 Å². The number of halogens is 1. The number of aromatic nitrogens is 2. The summed E-state index contributed by atoms with van der Waals surface area (Å²) in [6.45, 7) is 0.775. The lowest BCUT2D eigenvalue weighted by Gasteiger charge is -2.30. The molecule has 4 heteroatoms. The van der Waals surface area contributed by atoms with Gasteiger partial charge in [-0.25, -0.2) is 4.98 Å². The van der Waals surface area contributed by atoms with E-state index in [4.69, 9.17) is 10.7 Å². The number of aryl methyl sites for hydroxylation is 1. The van der Waals surface area contributed by atoms with Crippen LogP contribution in [0.2, 0.25) is 0 Å². The summed E-state index contributed by atoms with van der Waals surface area (Å²) >= 11 is 3.52. The second-order valence-electron chi connectivity index (χ2n) is 5.55. The first-order chi connectivity index (χ1) is 9.20. The highest BCUT2D eigenvalue weighted by atomic mass is 79.9. The number of hydrogen-bond acceptors (Lipinski definition) is 2. The van der Waals surface area contributed by atoms with E-state index in [1.807, 2.05) is 0 Å². The number of nitrogens with two attached hydrogens (primary N) is 1. The highest BCUT2D eigenvalue weighted by Gasteiger charge is 2.29. The summed E-state index contributed by atoms with van der Waals surface area (Å²) in [5.41, 5.74) is 8.24. The lowest BCUT2D eigenvalue weighted by atomic mass is 9.79. The van der Waals surface area contributed by atoms with E-state index in [1.165, 1.54) is 37.0 Å². The van der Waals surface area contributed by atoms with Crippen LogP contribution in [0.5, 0.6) is 0 Å². The summed E-state index contributed by atoms with van der Waals surface area (Å²) < 4.78 is 3.34. The smallest absolute Gasteiger partial charge is 0.113 e. The molecule has 2 atom stereocenters. The second-order valence-corrected chi connectivity index (χ2v) is 6.46. The van der Waals surface area contributed by atoms with E-state index in [2.05, 4.69) is 45.7 Å². The third kappa shape index (κ3) is 2.32. The Bertz CT molecular complexity index is 590. The molecule has 3 nitrogen and oxygen atoms in total. The molecule has 2 unspecified atom stereocenters. The van der Waals surface area contributed by atoms with Gasteiger partial charge in [-0.1, -0.05) is 28.8 Å². The van der Waals surface area contributed by atoms with Crippen molar-refractivity contribution in [1.82, 2.24) is 9.55 Å². The molecule has 0 saturated heterocycles. The first-order valence-corrected chi connectivity index (χ1v) is 7.82. The van der Waals surface area contributed by atoms with Crippen LogP contribution in [-0.2, 0) is 7.05 Å². The van der Waals surface area contributed by atoms with Gasteiger partial charge < -0.3 is 10.3 Å². The maximum absolute atomic E-state index is 5.95. The Morgan fingerprint density at radius 3 is 2.95 bits per heavy atom. The molecule has 1 heterocycles. The fraction of sp³-hybridized carbons (Fsp3) is 0.533. The first-order valence-electron chi connectivity index (χ1n) is 7.02. The zero-order chi connectivity index (χ0) is 13.4. The molecule has 3 rings (SSSR count). The fourth-order valence-electron chi connectivity index (χ4n) is 3.35. The van der Waals surface area contributed by atoms with Crippen molar-refractivity contribution in [3.63, 3.8) is 0 Å². The molecule has 102 valence electrons. The molecule has 1 saturated carbocycles. The summed E-state index contributed by atoms with van der Waals surface area (Å²) in [7, 11) is 2.13. The number of rotatable bonds is 2. The van der Waals surface area contributed by atoms with Crippen LogP contribution in [0.3, 0.4) is 0 Å². The van der Waals surface area contributed by atoms with Gasteiger partial charge in [0.1, 0.15) is 5.82 Å². The Morgan fingerprint density at radius 2 is 2.16 bits per heavy atom. The van der Waals surface area contributed by atoms with E-state index < -0.39 is 0 Å². The van der Waals surface area contributed by atoms with Crippen LogP contribution >= 0.6 is 15.9 Å². The van der Waals surface area contributed by atoms with Crippen molar-refractivity contribution >= 4 is 27.0 Å². The van der Waals surface area contributed by atoms with Crippen molar-refractivity contribution in [3.8, 4) is 0 Å². The zero-order valence-electron chi connectivity index (χ0n) is 11.3. The normalized spacial score (nSPS) is 23.9. The van der Waals surface area contributed by atoms with E-state index in [-0.39, 0.29) is 0 Å². The van der Waals surface area contributed by atoms with Crippen LogP contribution in [-0.4, -0.2) is 16.1 Å². The van der Waals surface area contributed by atoms with E-state index in [0.29, 0.717) is 11.8 Å². The minimum Gasteiger partial charge on any atom is -0.331 e. The summed E-state index contributed by atoms with van der Waals surface area (Å²) in [4.78, 5) is 4.87. The molecule has 0 bridgehead atoms. The number of benzene rings is 1. The molecule has 1 aromatic heterocycles. The van der Waals surface area contributed by atoms with Gasteiger partial charge in [0.2, 0.25) is 0 Å². The molecule has 0 amide bonds. The van der Waals surface area contributed by atoms with E-state index >= 15 is 0 Å². The molecule has 19 heavy (non-hydrogen) atoms. The molecular formula is C15H20BrN3. The molecule has 0 aliphatic heterocycles. The number of fused-ring (bicyclic) bond motifs is 1. The lowest BCUT2D eigenvalue weighted by Crippen LogP contribution is -2.27. The average Bonchev–Trinajstić information content (AvgIpc) is 2.75. The predicted octanol–water partition coefficient (Wildman–Crippen LogP) is 3.57. The average molecular weight is 322 g/mol. The third-order valence-electron chi connectivity index (χ3n) is 4.42. The van der Waals surface area contributed by atoms with Crippen molar-refractivity contribution < 1.29 is 0 Å². The van der Waals surface area contributed by atoms with Crippen LogP contribution in [0.15, 0.2) is 22.7 Å². The topological polar surface area (TPSA) is 43.8 Å². The van der Waals surface area contributed by atoms with Crippen LogP contribution < -0.4 is 5.73 Å². The Labute approximate surface area is 122 Å². The van der Waals surface area contributed by atoms with Crippen molar-refractivity contribution in [2.75, 3.05) is 6.54 Å². The molecule has 1 fully saturated rings. The lowest BCUT2D eigenvalue weighted by molar-refractivity contribution is 0.301. The number of imidazole rings is 1. The summed E-state index contributed by atoms with van der Waals surface area (Å²) in [6, 6.07) is 6.31. The van der Waals surface area contributed by atoms with Crippen molar-refractivity contribution in [2.45, 2.75) is 31.6 Å². The van der Waals surface area contributed by atoms with Gasteiger partial charge in [-0.3, -0.25) is 0 Å². The van der Waals surface area contributed by atoms with Gasteiger partial charge in [-0.05, 0) is 43.5 Å². The summed E-state index contributed by atoms with van der Waals surface area (Å²) in [5, 5.41) is 0. The Hall–Kier alpha value is -0.870. The van der Waals surface area contributed by atoms with Crippen LogP contribution in [0, 0.1) is 5.92 Å². The Morgan fingerprint density at radius 1 is 1.37 bits per heavy atom. The fourth-order valence-corrected chi connectivity index (χ4v) is 3.70. The highest BCUT2D eigenvalue weighted by molar-refractivity contribution is 9.10. The molecule has 2 aromatic rings. The number of nitrogens with zero attached hydrogens (tertiary/aromatic N) is 2. The zero-order valence-corrected chi connectivity index (χ0v) is 12.9. The SMILES string of the molecule is Cn1c(C2CCCCC2CN)nc2cc(Br)ccc21. The molecule has 1 aliphatic rings. The van der Waals surface area contributed by atoms with Gasteiger partial charge in [0.15, 0.2) is 0 Å². The van der Waals surface area contributed by atoms with Gasteiger partial charge >= 0.3 is 0 Å². The molecule has 0 radical (unpaired) electrons. The van der Waals surface area contributed by atoms with Crippen LogP contribution in [0.4, 0.5) is 0 Å². The minimum absolute atomic E-state index is 0.523. The molecular weight excluding hydrogens is 302 g/mol. The monoisotopic (exact) mass is 321 g/mol. The van der Waals surface area contributed by atoms with E-state index in [9.17, 15) is 0 Å². The third-order valence-corrected chi connectivity index (χ3v) is 4.91. The number of hydrogen-bond donors (Lipinski definition) is 1. The molecule has 1 aliphatic carbocycles. The largest absolute Gasteiger partial charge is 0.331 e. The van der Waals surface area contributed by atoms with Crippen LogP contribution in [0.25, 0.3) is 11.0 Å². The Kier molecular flexibility index (Phi) is 3.63. The Balaban J connectivity index is 2.06. The molecule has 0 spiro atoms. The first kappa shape index (κ1) is 13.1. The maximum atomic E-state index is 5.95. The molecule has 1 aromatic carbocycles. The van der Waals surface area contributed by atoms with Gasteiger partial charge in [0, 0.05) is 17.4 Å². The van der Waals surface area contributed by atoms with E-state index in [0.717, 1.165) is 16.5 Å². The predicted molar refractivity (Wildman–Crippen MR) is 82.2 cm³/mol. The second kappa shape index (κ2) is 5.25. The van der Waals surface area contributed by atoms with Crippen molar-refractivity contribution in [2.24, 2.45) is 18.7 Å². The quantitative estimate of drug-likeness (QED) is 0.918. The standard InChI is InChI=1S/C15H20BrN3/c1-19-14-7-6-11(16)8-13(14)18-15(19)12-5-3-2-4-10(12)9-17/h6-8,10,12H,2-5,9,17H2,1H3.